The molecular weight excluding hydrogens is 189 g/mol. The van der Waals surface area contributed by atoms with E-state index in [9.17, 15) is 0 Å². The Morgan fingerprint density at radius 1 is 1.60 bits per heavy atom. The molecule has 58 valence electrons. The molecule has 0 amide bonds. The van der Waals surface area contributed by atoms with E-state index in [2.05, 4.69) is 0 Å². The third-order valence-electron chi connectivity index (χ3n) is 0.883. The van der Waals surface area contributed by atoms with Crippen molar-refractivity contribution in [2.45, 2.75) is 19.4 Å². The van der Waals surface area contributed by atoms with Gasteiger partial charge in [0.1, 0.15) is 0 Å². The van der Waals surface area contributed by atoms with Crippen LogP contribution < -0.4 is 0 Å². The summed E-state index contributed by atoms with van der Waals surface area (Å²) in [5.74, 6) is 0. The summed E-state index contributed by atoms with van der Waals surface area (Å²) in [6.45, 7) is -0.152. The quantitative estimate of drug-likeness (QED) is 0.513. The highest BCUT2D eigenvalue weighted by atomic mass is 35.7. The Kier molecular flexibility index (Phi) is 5.09. The first kappa shape index (κ1) is 10.2. The molecule has 0 bridgehead atoms. The van der Waals surface area contributed by atoms with E-state index in [1.54, 1.807) is 0 Å². The van der Waals surface area contributed by atoms with E-state index in [-0.39, 0.29) is 0 Å². The van der Waals surface area contributed by atoms with Crippen LogP contribution in [0.5, 0.6) is 0 Å². The van der Waals surface area contributed by atoms with E-state index in [4.69, 9.17) is 31.8 Å². The van der Waals surface area contributed by atoms with Crippen molar-refractivity contribution < 1.29 is 4.43 Å². The van der Waals surface area contributed by atoms with E-state index >= 15 is 0 Å². The van der Waals surface area contributed by atoms with Crippen LogP contribution in [0.4, 0.5) is 0 Å². The summed E-state index contributed by atoms with van der Waals surface area (Å²) in [7, 11) is 0. The molecule has 0 aromatic rings. The molecule has 0 spiro atoms. The van der Waals surface area contributed by atoms with Gasteiger partial charge in [0.25, 0.3) is 0 Å². The van der Waals surface area contributed by atoms with Crippen LogP contribution in [0.2, 0.25) is 6.04 Å². The molecule has 0 radical (unpaired) electrons. The summed E-state index contributed by atoms with van der Waals surface area (Å²) in [4.78, 5) is 0. The molecule has 0 rings (SSSR count). The van der Waals surface area contributed by atoms with E-state index < -0.39 is 6.94 Å². The maximum absolute atomic E-state index is 8.20. The number of nitrogens with zero attached hydrogens (tertiary/aromatic N) is 1. The number of hydrogen-bond donors (Lipinski definition) is 0. The molecule has 0 unspecified atom stereocenters. The van der Waals surface area contributed by atoms with Gasteiger partial charge in [-0.25, -0.2) is 0 Å². The molecule has 0 heterocycles. The molecule has 0 aromatic carbocycles. The van der Waals surface area contributed by atoms with Gasteiger partial charge in [-0.05, 0) is 6.92 Å². The zero-order chi connectivity index (χ0) is 8.04. The molecule has 0 saturated carbocycles. The zero-order valence-electron chi connectivity index (χ0n) is 5.73. The van der Waals surface area contributed by atoms with Gasteiger partial charge in [-0.1, -0.05) is 0 Å². The summed E-state index contributed by atoms with van der Waals surface area (Å²) < 4.78 is 5.05. The second kappa shape index (κ2) is 4.97. The fourth-order valence-electron chi connectivity index (χ4n) is 0.485. The highest BCUT2D eigenvalue weighted by molar-refractivity contribution is 7.42. The lowest BCUT2D eigenvalue weighted by Crippen LogP contribution is -2.23. The van der Waals surface area contributed by atoms with Crippen LogP contribution in [-0.4, -0.2) is 13.5 Å². The zero-order valence-corrected chi connectivity index (χ0v) is 8.24. The molecular formula is C5H9Cl2NOSi. The summed E-state index contributed by atoms with van der Waals surface area (Å²) in [5, 5.41) is 8.20. The van der Waals surface area contributed by atoms with Crippen molar-refractivity contribution in [2.24, 2.45) is 0 Å². The number of rotatable bonds is 4. The number of halogens is 2. The summed E-state index contributed by atoms with van der Waals surface area (Å²) in [6, 6.07) is 2.45. The van der Waals surface area contributed by atoms with Crippen LogP contribution in [0.1, 0.15) is 13.3 Å². The minimum absolute atomic E-state index is 0.374. The largest absolute Gasteiger partial charge is 0.393 e. The molecule has 0 atom stereocenters. The molecule has 0 saturated heterocycles. The smallest absolute Gasteiger partial charge is 0.390 e. The predicted octanol–water partition coefficient (Wildman–Crippen LogP) is 2.35. The van der Waals surface area contributed by atoms with E-state index in [1.165, 1.54) is 0 Å². The Bertz CT molecular complexity index is 134. The first-order valence-corrected chi connectivity index (χ1v) is 7.15. The maximum atomic E-state index is 8.20. The van der Waals surface area contributed by atoms with Crippen molar-refractivity contribution in [3.63, 3.8) is 0 Å². The van der Waals surface area contributed by atoms with Crippen LogP contribution >= 0.6 is 22.2 Å². The monoisotopic (exact) mass is 197 g/mol. The highest BCUT2D eigenvalue weighted by Gasteiger charge is 2.29. The normalized spacial score (nSPS) is 11.0. The molecule has 10 heavy (non-hydrogen) atoms. The van der Waals surface area contributed by atoms with Gasteiger partial charge in [-0.15, -0.1) is 22.2 Å². The first-order chi connectivity index (χ1) is 4.62. The Morgan fingerprint density at radius 3 is 2.60 bits per heavy atom. The molecule has 0 aromatic heterocycles. The van der Waals surface area contributed by atoms with Crippen molar-refractivity contribution in [3.8, 4) is 6.07 Å². The van der Waals surface area contributed by atoms with E-state index in [0.717, 1.165) is 0 Å². The van der Waals surface area contributed by atoms with Crippen molar-refractivity contribution in [2.75, 3.05) is 6.61 Å². The lowest BCUT2D eigenvalue weighted by atomic mass is 10.6. The maximum Gasteiger partial charge on any atom is 0.390 e. The van der Waals surface area contributed by atoms with Gasteiger partial charge in [0, 0.05) is 19.1 Å². The van der Waals surface area contributed by atoms with Crippen LogP contribution in [0.25, 0.3) is 0 Å². The van der Waals surface area contributed by atoms with Gasteiger partial charge in [0.2, 0.25) is 0 Å². The van der Waals surface area contributed by atoms with Gasteiger partial charge in [0.15, 0.2) is 0 Å². The molecule has 0 aliphatic heterocycles. The van der Waals surface area contributed by atoms with Crippen LogP contribution in [0, 0.1) is 11.3 Å². The topological polar surface area (TPSA) is 33.0 Å². The van der Waals surface area contributed by atoms with Gasteiger partial charge in [0.05, 0.1) is 6.07 Å². The predicted molar refractivity (Wildman–Crippen MR) is 44.1 cm³/mol. The second-order valence-corrected chi connectivity index (χ2v) is 8.04. The lowest BCUT2D eigenvalue weighted by molar-refractivity contribution is 0.348. The Labute approximate surface area is 71.2 Å². The van der Waals surface area contributed by atoms with Gasteiger partial charge in [-0.3, -0.25) is 0 Å². The van der Waals surface area contributed by atoms with Crippen LogP contribution in [0.3, 0.4) is 0 Å². The summed E-state index contributed by atoms with van der Waals surface area (Å²) >= 11 is 11.5. The second-order valence-electron chi connectivity index (χ2n) is 1.73. The minimum Gasteiger partial charge on any atom is -0.393 e. The highest BCUT2D eigenvalue weighted by Crippen LogP contribution is 2.22. The third-order valence-corrected chi connectivity index (χ3v) is 4.22. The van der Waals surface area contributed by atoms with Crippen LogP contribution in [-0.2, 0) is 4.43 Å². The Balaban J connectivity index is 3.54. The van der Waals surface area contributed by atoms with Gasteiger partial charge >= 0.3 is 6.94 Å². The van der Waals surface area contributed by atoms with Gasteiger partial charge < -0.3 is 4.43 Å². The van der Waals surface area contributed by atoms with Gasteiger partial charge in [-0.2, -0.15) is 5.26 Å². The first-order valence-electron chi connectivity index (χ1n) is 3.01. The van der Waals surface area contributed by atoms with Crippen molar-refractivity contribution >= 4 is 29.1 Å². The minimum atomic E-state index is -2.50. The fraction of sp³-hybridized carbons (Fsp3) is 0.800. The van der Waals surface area contributed by atoms with E-state index in [1.807, 2.05) is 13.0 Å². The molecule has 0 aliphatic rings. The summed E-state index contributed by atoms with van der Waals surface area (Å²) in [5.41, 5.74) is 0. The number of nitriles is 1. The van der Waals surface area contributed by atoms with Crippen LogP contribution in [0.15, 0.2) is 0 Å². The lowest BCUT2D eigenvalue weighted by Gasteiger charge is -2.13. The molecule has 5 heteroatoms. The average molecular weight is 198 g/mol. The number of hydrogen-bond acceptors (Lipinski definition) is 2. The Hall–Kier alpha value is 0.247. The van der Waals surface area contributed by atoms with Crippen molar-refractivity contribution in [3.05, 3.63) is 0 Å². The summed E-state index contributed by atoms with van der Waals surface area (Å²) in [6.07, 6.45) is 0.374. The van der Waals surface area contributed by atoms with Crippen molar-refractivity contribution in [1.29, 1.82) is 5.26 Å². The average Bonchev–Trinajstić information content (AvgIpc) is 1.84. The Morgan fingerprint density at radius 2 is 2.20 bits per heavy atom. The molecule has 0 N–H and O–H groups in total. The standard InChI is InChI=1S/C5H9Cl2NOSi/c1-2-9-10(6,7)5-3-4-8/h2-3,5H2,1H3. The SMILES string of the molecule is CCO[Si](Cl)(Cl)CCC#N. The molecule has 2 nitrogen and oxygen atoms in total. The molecule has 0 aliphatic carbocycles. The third kappa shape index (κ3) is 5.07. The molecule has 0 fully saturated rings. The van der Waals surface area contributed by atoms with Crippen molar-refractivity contribution in [1.82, 2.24) is 0 Å². The fourth-order valence-corrected chi connectivity index (χ4v) is 2.68. The van der Waals surface area contributed by atoms with E-state index in [0.29, 0.717) is 19.1 Å².